The maximum Gasteiger partial charge on any atom is -0.114 e. The van der Waals surface area contributed by atoms with Crippen molar-refractivity contribution in [3.8, 4) is 0 Å². The highest BCUT2D eigenvalue weighted by molar-refractivity contribution is 8.93. The van der Waals surface area contributed by atoms with Crippen molar-refractivity contribution < 1.29 is 0 Å². The summed E-state index contributed by atoms with van der Waals surface area (Å²) in [6, 6.07) is 0. The highest BCUT2D eigenvalue weighted by atomic mass is 79.9. The van der Waals surface area contributed by atoms with Crippen LogP contribution < -0.4 is 6.15 Å². The normalized spacial score (nSPS) is 0. The topological polar surface area (TPSA) is 35.0 Å². The van der Waals surface area contributed by atoms with E-state index in [1.54, 1.807) is 0 Å². The van der Waals surface area contributed by atoms with Crippen molar-refractivity contribution in [2.24, 2.45) is 0 Å². The Balaban J connectivity index is 0. The van der Waals surface area contributed by atoms with Gasteiger partial charge in [-0.2, -0.15) is 9.90 Å². The summed E-state index contributed by atoms with van der Waals surface area (Å²) >= 11 is 0. The minimum Gasteiger partial charge on any atom is -0.344 e. The van der Waals surface area contributed by atoms with E-state index in [0.717, 1.165) is 0 Å². The van der Waals surface area contributed by atoms with E-state index in [0.29, 0.717) is 0 Å². The number of rotatable bonds is 0. The van der Waals surface area contributed by atoms with Crippen molar-refractivity contribution in [2.75, 3.05) is 0 Å². The third kappa shape index (κ3) is 25.5. The lowest BCUT2D eigenvalue weighted by atomic mass is 14.0. The van der Waals surface area contributed by atoms with Gasteiger partial charge in [0, 0.05) is 0 Å². The van der Waals surface area contributed by atoms with E-state index in [-0.39, 0.29) is 67.0 Å². The lowest BCUT2D eigenvalue weighted by Gasteiger charge is -0.344. The van der Waals surface area contributed by atoms with Crippen molar-refractivity contribution in [1.82, 2.24) is 6.15 Å². The molecule has 0 saturated heterocycles. The van der Waals surface area contributed by atoms with E-state index in [4.69, 9.17) is 0 Å². The molecule has 5 heteroatoms. The molecule has 0 aromatic heterocycles. The Bertz CT molecular complexity index is 6.85. The van der Waals surface area contributed by atoms with E-state index < -0.39 is 0 Å². The van der Waals surface area contributed by atoms with Gasteiger partial charge in [-0.15, -0.1) is 50.9 Å². The van der Waals surface area contributed by atoms with Gasteiger partial charge in [-0.05, 0) is 0 Å². The molecular weight excluding hydrogens is 285 g/mol. The Labute approximate surface area is 66.8 Å². The fraction of sp³-hybridized carbons (Fsp3) is 0. The molecule has 5 heavy (non-hydrogen) atoms. The highest BCUT2D eigenvalue weighted by Gasteiger charge is -0.112. The first-order chi connectivity index (χ1) is 0. The maximum absolute atomic E-state index is 0. The lowest BCUT2D eigenvalue weighted by molar-refractivity contribution is 2.13. The quantitative estimate of drug-likeness (QED) is 0.681. The summed E-state index contributed by atoms with van der Waals surface area (Å²) in [7, 11) is 0. The molecular formula is H9Br3NP. The molecule has 0 saturated carbocycles. The van der Waals surface area contributed by atoms with Crippen molar-refractivity contribution in [1.29, 1.82) is 0 Å². The van der Waals surface area contributed by atoms with Crippen molar-refractivity contribution in [2.45, 2.75) is 0 Å². The summed E-state index contributed by atoms with van der Waals surface area (Å²) in [5.41, 5.74) is 0. The molecule has 0 spiro atoms. The summed E-state index contributed by atoms with van der Waals surface area (Å²) in [6.45, 7) is 0. The Kier molecular flexibility index (Phi) is 563. The Morgan fingerprint density at radius 1 is 0.600 bits per heavy atom. The van der Waals surface area contributed by atoms with Crippen molar-refractivity contribution in [3.63, 3.8) is 0 Å². The summed E-state index contributed by atoms with van der Waals surface area (Å²) in [5.74, 6) is 0. The SMILES string of the molecule is Br.Br.Br.N.P. The van der Waals surface area contributed by atoms with Crippen LogP contribution in [0, 0.1) is 0 Å². The van der Waals surface area contributed by atoms with Gasteiger partial charge in [0.1, 0.15) is 0 Å². The van der Waals surface area contributed by atoms with Crippen LogP contribution in [0.3, 0.4) is 0 Å². The minimum atomic E-state index is 0. The second kappa shape index (κ2) is 40.6. The van der Waals surface area contributed by atoms with Gasteiger partial charge in [-0.1, -0.05) is 0 Å². The van der Waals surface area contributed by atoms with Crippen LogP contribution in [0.15, 0.2) is 0 Å². The van der Waals surface area contributed by atoms with Crippen molar-refractivity contribution in [3.05, 3.63) is 0 Å². The molecule has 0 aliphatic heterocycles. The van der Waals surface area contributed by atoms with Gasteiger partial charge in [-0.3, -0.25) is 0 Å². The van der Waals surface area contributed by atoms with Crippen molar-refractivity contribution >= 4 is 60.8 Å². The molecule has 0 radical (unpaired) electrons. The largest absolute Gasteiger partial charge is 0.344 e. The second-order valence-corrected chi connectivity index (χ2v) is 0. The molecule has 0 amide bonds. The number of halogens is 3. The average molecular weight is 294 g/mol. The minimum absolute atomic E-state index is 0. The Morgan fingerprint density at radius 2 is 0.600 bits per heavy atom. The molecule has 0 aliphatic rings. The van der Waals surface area contributed by atoms with Gasteiger partial charge in [0.05, 0.1) is 0 Å². The third-order valence-electron chi connectivity index (χ3n) is 0. The monoisotopic (exact) mass is 291 g/mol. The average Bonchev–Trinajstić information content (AvgIpc) is 0. The molecule has 0 rings (SSSR count). The zero-order valence-electron chi connectivity index (χ0n) is 2.64. The van der Waals surface area contributed by atoms with Gasteiger partial charge in [0.2, 0.25) is 0 Å². The van der Waals surface area contributed by atoms with Gasteiger partial charge in [-0.25, -0.2) is 0 Å². The van der Waals surface area contributed by atoms with Crippen LogP contribution in [0.4, 0.5) is 0 Å². The zero-order valence-corrected chi connectivity index (χ0v) is 9.19. The molecule has 3 N–H and O–H groups in total. The molecule has 0 fully saturated rings. The predicted molar refractivity (Wildman–Crippen MR) is 47.1 cm³/mol. The standard InChI is InChI=1S/3BrH.H3N.H3P/h3*1H;2*1H3. The molecule has 0 heterocycles. The van der Waals surface area contributed by atoms with Crippen LogP contribution in [0.1, 0.15) is 0 Å². The maximum atomic E-state index is 0. The van der Waals surface area contributed by atoms with Crippen LogP contribution >= 0.6 is 60.8 Å². The molecule has 0 bridgehead atoms. The van der Waals surface area contributed by atoms with E-state index >= 15 is 0 Å². The summed E-state index contributed by atoms with van der Waals surface area (Å²) in [5, 5.41) is 0. The molecule has 1 atom stereocenters. The van der Waals surface area contributed by atoms with Crippen LogP contribution in [-0.2, 0) is 0 Å². The predicted octanol–water partition coefficient (Wildman–Crippen LogP) is 1.95. The van der Waals surface area contributed by atoms with E-state index in [2.05, 4.69) is 0 Å². The van der Waals surface area contributed by atoms with Crippen LogP contribution in [0.5, 0.6) is 0 Å². The number of hydrogen-bond donors (Lipinski definition) is 1. The first-order valence-corrected chi connectivity index (χ1v) is 0. The van der Waals surface area contributed by atoms with Gasteiger partial charge >= 0.3 is 0 Å². The first kappa shape index (κ1) is 69.3. The molecule has 0 aromatic rings. The van der Waals surface area contributed by atoms with Crippen LogP contribution in [-0.4, -0.2) is 0 Å². The van der Waals surface area contributed by atoms with E-state index in [9.17, 15) is 0 Å². The summed E-state index contributed by atoms with van der Waals surface area (Å²) in [6.07, 6.45) is 0. The molecule has 1 nitrogen and oxygen atoms in total. The van der Waals surface area contributed by atoms with E-state index in [1.807, 2.05) is 0 Å². The second-order valence-electron chi connectivity index (χ2n) is 0. The zero-order chi connectivity index (χ0) is 0. The number of hydrogen-bond acceptors (Lipinski definition) is 1. The Hall–Kier alpha value is 1.83. The smallest absolute Gasteiger partial charge is 0.114 e. The van der Waals surface area contributed by atoms with Gasteiger partial charge in [0.25, 0.3) is 0 Å². The lowest BCUT2D eigenvalue weighted by Crippen LogP contribution is -0.481. The molecule has 40 valence electrons. The fourth-order valence-corrected chi connectivity index (χ4v) is 0. The summed E-state index contributed by atoms with van der Waals surface area (Å²) < 4.78 is 0. The van der Waals surface area contributed by atoms with Crippen LogP contribution in [0.25, 0.3) is 0 Å². The molecule has 0 aliphatic carbocycles. The Morgan fingerprint density at radius 3 is 0.600 bits per heavy atom. The van der Waals surface area contributed by atoms with E-state index in [1.165, 1.54) is 0 Å². The fourth-order valence-electron chi connectivity index (χ4n) is 0. The van der Waals surface area contributed by atoms with Gasteiger partial charge < -0.3 is 6.15 Å². The first-order valence-electron chi connectivity index (χ1n) is 0. The van der Waals surface area contributed by atoms with Gasteiger partial charge in [0.15, 0.2) is 0 Å². The molecule has 1 unspecified atom stereocenters. The highest BCUT2D eigenvalue weighted by Crippen LogP contribution is 0.861. The van der Waals surface area contributed by atoms with Crippen LogP contribution in [0.2, 0.25) is 0 Å². The third-order valence-corrected chi connectivity index (χ3v) is 0. The molecule has 0 aromatic carbocycles. The summed E-state index contributed by atoms with van der Waals surface area (Å²) in [4.78, 5) is 0.